The highest BCUT2D eigenvalue weighted by Crippen LogP contribution is 2.32. The first-order chi connectivity index (χ1) is 15.9. The fourth-order valence-corrected chi connectivity index (χ4v) is 4.17. The maximum Gasteiger partial charge on any atom is 0.258 e. The van der Waals surface area contributed by atoms with E-state index in [1.807, 2.05) is 18.2 Å². The van der Waals surface area contributed by atoms with Crippen molar-refractivity contribution in [1.82, 2.24) is 10.3 Å². The van der Waals surface area contributed by atoms with E-state index in [9.17, 15) is 4.79 Å². The number of benzene rings is 3. The van der Waals surface area contributed by atoms with Gasteiger partial charge in [0.2, 0.25) is 5.89 Å². The number of halogens is 2. The molecule has 33 heavy (non-hydrogen) atoms. The normalized spacial score (nSPS) is 11.9. The van der Waals surface area contributed by atoms with Crippen LogP contribution >= 0.6 is 39.7 Å². The minimum atomic E-state index is -0.330. The van der Waals surface area contributed by atoms with Gasteiger partial charge in [0.05, 0.1) is 16.3 Å². The molecule has 0 aliphatic rings. The van der Waals surface area contributed by atoms with E-state index in [0.29, 0.717) is 32.6 Å². The Morgan fingerprint density at radius 2 is 1.97 bits per heavy atom. The zero-order valence-electron chi connectivity index (χ0n) is 18.0. The number of amides is 1. The fourth-order valence-electron chi connectivity index (χ4n) is 3.33. The van der Waals surface area contributed by atoms with Crippen molar-refractivity contribution < 1.29 is 9.21 Å². The van der Waals surface area contributed by atoms with Crippen LogP contribution in [0, 0.1) is 0 Å². The molecule has 0 fully saturated rings. The largest absolute Gasteiger partial charge is 0.436 e. The first kappa shape index (κ1) is 23.4. The van der Waals surface area contributed by atoms with Crippen molar-refractivity contribution in [2.24, 2.45) is 0 Å². The van der Waals surface area contributed by atoms with Gasteiger partial charge in [-0.2, -0.15) is 0 Å². The molecule has 0 unspecified atom stereocenters. The van der Waals surface area contributed by atoms with E-state index in [1.54, 1.807) is 30.3 Å². The topological polar surface area (TPSA) is 67.2 Å². The van der Waals surface area contributed by atoms with Crippen LogP contribution in [0.25, 0.3) is 22.6 Å². The van der Waals surface area contributed by atoms with Crippen molar-refractivity contribution in [2.75, 3.05) is 5.32 Å². The van der Waals surface area contributed by atoms with Gasteiger partial charge in [-0.3, -0.25) is 10.1 Å². The maximum atomic E-state index is 12.5. The molecule has 8 heteroatoms. The predicted octanol–water partition coefficient (Wildman–Crippen LogP) is 7.55. The molecule has 0 aliphatic carbocycles. The number of hydrogen-bond donors (Lipinski definition) is 2. The van der Waals surface area contributed by atoms with Gasteiger partial charge < -0.3 is 9.73 Å². The number of rotatable bonds is 5. The highest BCUT2D eigenvalue weighted by molar-refractivity contribution is 9.10. The number of hydrogen-bond acceptors (Lipinski definition) is 4. The third-order valence-electron chi connectivity index (χ3n) is 5.40. The first-order valence-corrected chi connectivity index (χ1v) is 12.0. The van der Waals surface area contributed by atoms with Crippen LogP contribution in [-0.2, 0) is 0 Å². The summed E-state index contributed by atoms with van der Waals surface area (Å²) in [5.74, 6) is 0.603. The van der Waals surface area contributed by atoms with Gasteiger partial charge in [0.1, 0.15) is 5.52 Å². The summed E-state index contributed by atoms with van der Waals surface area (Å²) < 4.78 is 6.65. The molecule has 5 nitrogen and oxygen atoms in total. The molecule has 3 aromatic carbocycles. The highest BCUT2D eigenvalue weighted by Gasteiger charge is 2.15. The molecule has 0 aliphatic heterocycles. The second kappa shape index (κ2) is 10.0. The van der Waals surface area contributed by atoms with Crippen LogP contribution in [0.15, 0.2) is 69.6 Å². The van der Waals surface area contributed by atoms with Crippen molar-refractivity contribution in [3.8, 4) is 11.5 Å². The number of fused-ring (bicyclic) bond motifs is 1. The number of oxazole rings is 1. The van der Waals surface area contributed by atoms with Gasteiger partial charge in [-0.05, 0) is 88.5 Å². The standard InChI is InChI=1S/C25H21BrClN3O2S/c1-3-14(2)15-9-11-22-21(12-15)28-24(32-22)16-8-10-19(27)20(13-16)29-25(33)30-23(31)17-6-4-5-7-18(17)26/h4-14H,3H2,1-2H3,(H2,29,30,31,33)/t14-/m1/s1. The van der Waals surface area contributed by atoms with Gasteiger partial charge in [-0.15, -0.1) is 0 Å². The Morgan fingerprint density at radius 3 is 2.73 bits per heavy atom. The minimum Gasteiger partial charge on any atom is -0.436 e. The molecule has 168 valence electrons. The molecule has 0 saturated carbocycles. The molecule has 0 radical (unpaired) electrons. The lowest BCUT2D eigenvalue weighted by Crippen LogP contribution is -2.34. The van der Waals surface area contributed by atoms with Crippen LogP contribution in [0.1, 0.15) is 42.1 Å². The predicted molar refractivity (Wildman–Crippen MR) is 141 cm³/mol. The first-order valence-electron chi connectivity index (χ1n) is 10.4. The molecule has 2 N–H and O–H groups in total. The van der Waals surface area contributed by atoms with Crippen LogP contribution in [0.3, 0.4) is 0 Å². The Labute approximate surface area is 210 Å². The molecule has 1 atom stereocenters. The van der Waals surface area contributed by atoms with Gasteiger partial charge in [-0.25, -0.2) is 4.98 Å². The lowest BCUT2D eigenvalue weighted by molar-refractivity contribution is 0.0977. The summed E-state index contributed by atoms with van der Waals surface area (Å²) >= 11 is 15.1. The number of thiocarbonyl (C=S) groups is 1. The van der Waals surface area contributed by atoms with Crippen molar-refractivity contribution in [3.63, 3.8) is 0 Å². The van der Waals surface area contributed by atoms with Crippen LogP contribution in [0.5, 0.6) is 0 Å². The summed E-state index contributed by atoms with van der Waals surface area (Å²) in [6.45, 7) is 4.36. The van der Waals surface area contributed by atoms with Crippen LogP contribution in [0.4, 0.5) is 5.69 Å². The Bertz CT molecular complexity index is 1350. The van der Waals surface area contributed by atoms with Gasteiger partial charge in [-0.1, -0.05) is 43.6 Å². The molecular formula is C25H21BrClN3O2S. The molecule has 1 aromatic heterocycles. The quantitative estimate of drug-likeness (QED) is 0.255. The van der Waals surface area contributed by atoms with Gasteiger partial charge in [0.25, 0.3) is 5.91 Å². The summed E-state index contributed by atoms with van der Waals surface area (Å²) in [6, 6.07) is 18.6. The Morgan fingerprint density at radius 1 is 1.18 bits per heavy atom. The number of nitrogens with one attached hydrogen (secondary N) is 2. The van der Waals surface area contributed by atoms with E-state index >= 15 is 0 Å². The van der Waals surface area contributed by atoms with Gasteiger partial charge in [0, 0.05) is 10.0 Å². The molecule has 0 saturated heterocycles. The zero-order chi connectivity index (χ0) is 23.5. The van der Waals surface area contributed by atoms with E-state index in [4.69, 9.17) is 28.2 Å². The summed E-state index contributed by atoms with van der Waals surface area (Å²) in [7, 11) is 0. The van der Waals surface area contributed by atoms with Gasteiger partial charge in [0.15, 0.2) is 10.7 Å². The highest BCUT2D eigenvalue weighted by atomic mass is 79.9. The Balaban J connectivity index is 1.55. The minimum absolute atomic E-state index is 0.130. The number of anilines is 1. The lowest BCUT2D eigenvalue weighted by Gasteiger charge is -2.12. The molecule has 1 heterocycles. The average Bonchev–Trinajstić information content (AvgIpc) is 3.23. The monoisotopic (exact) mass is 541 g/mol. The maximum absolute atomic E-state index is 12.5. The third-order valence-corrected chi connectivity index (χ3v) is 6.63. The van der Waals surface area contributed by atoms with Crippen molar-refractivity contribution in [3.05, 3.63) is 81.3 Å². The summed E-state index contributed by atoms with van der Waals surface area (Å²) in [4.78, 5) is 17.2. The summed E-state index contributed by atoms with van der Waals surface area (Å²) in [5.41, 5.74) is 4.51. The molecule has 1 amide bonds. The zero-order valence-corrected chi connectivity index (χ0v) is 21.1. The number of nitrogens with zero attached hydrogens (tertiary/aromatic N) is 1. The molecular weight excluding hydrogens is 522 g/mol. The van der Waals surface area contributed by atoms with Crippen molar-refractivity contribution in [2.45, 2.75) is 26.2 Å². The molecule has 0 bridgehead atoms. The van der Waals surface area contributed by atoms with E-state index in [-0.39, 0.29) is 11.0 Å². The second-order valence-electron chi connectivity index (χ2n) is 7.64. The van der Waals surface area contributed by atoms with E-state index < -0.39 is 0 Å². The number of aromatic nitrogens is 1. The molecule has 0 spiro atoms. The van der Waals surface area contributed by atoms with Crippen molar-refractivity contribution in [1.29, 1.82) is 0 Å². The SMILES string of the molecule is CC[C@@H](C)c1ccc2oc(-c3ccc(Cl)c(NC(=S)NC(=O)c4ccccc4Br)c3)nc2c1. The molecule has 4 rings (SSSR count). The van der Waals surface area contributed by atoms with E-state index in [1.165, 1.54) is 5.56 Å². The Hall–Kier alpha value is -2.74. The number of carbonyl (C=O) groups excluding carboxylic acids is 1. The lowest BCUT2D eigenvalue weighted by atomic mass is 9.98. The smallest absolute Gasteiger partial charge is 0.258 e. The second-order valence-corrected chi connectivity index (χ2v) is 9.31. The fraction of sp³-hybridized carbons (Fsp3) is 0.160. The Kier molecular flexibility index (Phi) is 7.12. The number of carbonyl (C=O) groups is 1. The van der Waals surface area contributed by atoms with Crippen LogP contribution in [0.2, 0.25) is 5.02 Å². The van der Waals surface area contributed by atoms with Crippen molar-refractivity contribution >= 4 is 67.6 Å². The summed E-state index contributed by atoms with van der Waals surface area (Å²) in [5, 5.41) is 6.24. The van der Waals surface area contributed by atoms with Crippen LogP contribution < -0.4 is 10.6 Å². The van der Waals surface area contributed by atoms with E-state index in [0.717, 1.165) is 23.1 Å². The third kappa shape index (κ3) is 5.27. The van der Waals surface area contributed by atoms with Gasteiger partial charge >= 0.3 is 0 Å². The average molecular weight is 543 g/mol. The van der Waals surface area contributed by atoms with E-state index in [2.05, 4.69) is 57.5 Å². The van der Waals surface area contributed by atoms with Crippen LogP contribution in [-0.4, -0.2) is 16.0 Å². The summed E-state index contributed by atoms with van der Waals surface area (Å²) in [6.07, 6.45) is 1.06. The molecule has 4 aromatic rings.